The van der Waals surface area contributed by atoms with Crippen LogP contribution in [0.3, 0.4) is 0 Å². The van der Waals surface area contributed by atoms with E-state index >= 15 is 0 Å². The lowest BCUT2D eigenvalue weighted by Gasteiger charge is -2.37. The van der Waals surface area contributed by atoms with Crippen molar-refractivity contribution in [3.8, 4) is 11.1 Å². The number of nitrogens with zero attached hydrogens (tertiary/aromatic N) is 2. The molecule has 2 fully saturated rings. The molecular formula is C24H25FN2O3. The highest BCUT2D eigenvalue weighted by atomic mass is 19.1. The van der Waals surface area contributed by atoms with Crippen LogP contribution in [0.4, 0.5) is 4.39 Å². The highest BCUT2D eigenvalue weighted by Gasteiger charge is 2.37. The summed E-state index contributed by atoms with van der Waals surface area (Å²) in [5.74, 6) is -1.65. The van der Waals surface area contributed by atoms with Gasteiger partial charge in [0.15, 0.2) is 0 Å². The summed E-state index contributed by atoms with van der Waals surface area (Å²) in [6, 6.07) is 10.4. The largest absolute Gasteiger partial charge is 0.478 e. The second-order valence-corrected chi connectivity index (χ2v) is 8.64. The molecule has 2 aromatic carbocycles. The molecule has 2 aliphatic heterocycles. The van der Waals surface area contributed by atoms with Gasteiger partial charge in [0, 0.05) is 42.8 Å². The third-order valence-corrected chi connectivity index (χ3v) is 6.97. The fourth-order valence-corrected chi connectivity index (χ4v) is 5.01. The fourth-order valence-electron chi connectivity index (χ4n) is 5.01. The van der Waals surface area contributed by atoms with E-state index in [-0.39, 0.29) is 17.5 Å². The van der Waals surface area contributed by atoms with E-state index in [0.29, 0.717) is 29.3 Å². The number of benzene rings is 2. The van der Waals surface area contributed by atoms with E-state index < -0.39 is 11.8 Å². The molecule has 6 heteroatoms. The monoisotopic (exact) mass is 408 g/mol. The molecule has 2 heterocycles. The molecule has 1 amide bonds. The van der Waals surface area contributed by atoms with E-state index in [2.05, 4.69) is 4.90 Å². The van der Waals surface area contributed by atoms with E-state index in [9.17, 15) is 14.0 Å². The van der Waals surface area contributed by atoms with Gasteiger partial charge in [-0.1, -0.05) is 24.6 Å². The second kappa shape index (κ2) is 7.51. The van der Waals surface area contributed by atoms with E-state index in [4.69, 9.17) is 5.11 Å². The van der Waals surface area contributed by atoms with E-state index in [1.165, 1.54) is 31.4 Å². The normalized spacial score (nSPS) is 22.1. The zero-order chi connectivity index (χ0) is 20.8. The summed E-state index contributed by atoms with van der Waals surface area (Å²) in [4.78, 5) is 28.8. The van der Waals surface area contributed by atoms with Crippen LogP contribution in [0, 0.1) is 5.82 Å². The van der Waals surface area contributed by atoms with E-state index in [1.54, 1.807) is 12.1 Å². The highest BCUT2D eigenvalue weighted by Crippen LogP contribution is 2.33. The molecule has 0 bridgehead atoms. The fraction of sp³-hybridized carbons (Fsp3) is 0.417. The van der Waals surface area contributed by atoms with Crippen LogP contribution in [0.1, 0.15) is 52.0 Å². The van der Waals surface area contributed by atoms with Crippen molar-refractivity contribution in [3.63, 3.8) is 0 Å². The lowest BCUT2D eigenvalue weighted by molar-refractivity contribution is 0.0645. The number of hydrogen-bond donors (Lipinski definition) is 1. The van der Waals surface area contributed by atoms with Gasteiger partial charge in [-0.25, -0.2) is 9.18 Å². The molecule has 1 atom stereocenters. The van der Waals surface area contributed by atoms with Crippen LogP contribution in [0.2, 0.25) is 0 Å². The summed E-state index contributed by atoms with van der Waals surface area (Å²) in [6.45, 7) is 2.75. The molecule has 1 aliphatic carbocycles. The zero-order valence-corrected chi connectivity index (χ0v) is 16.8. The average molecular weight is 408 g/mol. The minimum atomic E-state index is -1.15. The first-order valence-electron chi connectivity index (χ1n) is 10.7. The van der Waals surface area contributed by atoms with Crippen LogP contribution in [-0.2, 0) is 6.42 Å². The van der Waals surface area contributed by atoms with E-state index in [0.717, 1.165) is 37.6 Å². The molecule has 0 aromatic heterocycles. The number of rotatable bonds is 4. The van der Waals surface area contributed by atoms with Crippen molar-refractivity contribution in [2.75, 3.05) is 19.6 Å². The number of carboxylic acids is 1. The Kier molecular flexibility index (Phi) is 4.82. The van der Waals surface area contributed by atoms with Crippen molar-refractivity contribution in [1.29, 1.82) is 0 Å². The van der Waals surface area contributed by atoms with Crippen LogP contribution in [0.15, 0.2) is 36.4 Å². The molecule has 0 spiro atoms. The minimum absolute atomic E-state index is 0.0740. The smallest absolute Gasteiger partial charge is 0.335 e. The van der Waals surface area contributed by atoms with Crippen molar-refractivity contribution in [2.45, 2.75) is 44.2 Å². The van der Waals surface area contributed by atoms with Crippen LogP contribution in [0.25, 0.3) is 11.1 Å². The van der Waals surface area contributed by atoms with Gasteiger partial charge in [-0.2, -0.15) is 0 Å². The van der Waals surface area contributed by atoms with Crippen molar-refractivity contribution < 1.29 is 19.1 Å². The number of hydrogen-bond acceptors (Lipinski definition) is 3. The predicted octanol–water partition coefficient (Wildman–Crippen LogP) is 3.82. The van der Waals surface area contributed by atoms with Crippen LogP contribution in [-0.4, -0.2) is 58.5 Å². The van der Waals surface area contributed by atoms with Crippen LogP contribution in [0.5, 0.6) is 0 Å². The van der Waals surface area contributed by atoms with Crippen LogP contribution < -0.4 is 0 Å². The van der Waals surface area contributed by atoms with Gasteiger partial charge in [0.2, 0.25) is 0 Å². The molecule has 2 aromatic rings. The molecule has 5 rings (SSSR count). The van der Waals surface area contributed by atoms with Gasteiger partial charge in [-0.15, -0.1) is 0 Å². The molecule has 0 radical (unpaired) electrons. The maximum Gasteiger partial charge on any atom is 0.335 e. The quantitative estimate of drug-likeness (QED) is 0.836. The summed E-state index contributed by atoms with van der Waals surface area (Å²) >= 11 is 0. The minimum Gasteiger partial charge on any atom is -0.478 e. The number of amides is 1. The summed E-state index contributed by atoms with van der Waals surface area (Å²) in [5, 5.41) is 9.02. The maximum absolute atomic E-state index is 14.5. The van der Waals surface area contributed by atoms with Crippen molar-refractivity contribution >= 4 is 11.9 Å². The van der Waals surface area contributed by atoms with Gasteiger partial charge in [-0.05, 0) is 55.0 Å². The SMILES string of the molecule is O=C(O)c1ccc(-c2ccc3c(c2)CCN([C@@H]2CCN(C4CCC4)C2)C3=O)c(F)c1. The van der Waals surface area contributed by atoms with Crippen molar-refractivity contribution in [2.24, 2.45) is 0 Å². The Morgan fingerprint density at radius 3 is 2.50 bits per heavy atom. The Morgan fingerprint density at radius 2 is 1.80 bits per heavy atom. The number of carboxylic acid groups (broad SMARTS) is 1. The highest BCUT2D eigenvalue weighted by molar-refractivity contribution is 5.97. The predicted molar refractivity (Wildman–Crippen MR) is 111 cm³/mol. The Bertz CT molecular complexity index is 1020. The van der Waals surface area contributed by atoms with Gasteiger partial charge < -0.3 is 10.0 Å². The Labute approximate surface area is 175 Å². The summed E-state index contributed by atoms with van der Waals surface area (Å²) < 4.78 is 14.5. The number of likely N-dealkylation sites (tertiary alicyclic amines) is 1. The van der Waals surface area contributed by atoms with Gasteiger partial charge >= 0.3 is 5.97 Å². The second-order valence-electron chi connectivity index (χ2n) is 8.64. The molecule has 156 valence electrons. The van der Waals surface area contributed by atoms with E-state index in [1.807, 2.05) is 11.0 Å². The average Bonchev–Trinajstić information content (AvgIpc) is 3.15. The molecule has 0 unspecified atom stereocenters. The zero-order valence-electron chi connectivity index (χ0n) is 16.8. The molecule has 3 aliphatic rings. The number of aromatic carboxylic acids is 1. The molecule has 1 N–H and O–H groups in total. The number of halogens is 1. The third-order valence-electron chi connectivity index (χ3n) is 6.97. The van der Waals surface area contributed by atoms with Gasteiger partial charge in [0.25, 0.3) is 5.91 Å². The first-order valence-corrected chi connectivity index (χ1v) is 10.7. The molecule has 1 saturated heterocycles. The van der Waals surface area contributed by atoms with Crippen LogP contribution >= 0.6 is 0 Å². The first kappa shape index (κ1) is 19.2. The van der Waals surface area contributed by atoms with Crippen molar-refractivity contribution in [3.05, 3.63) is 58.9 Å². The topological polar surface area (TPSA) is 60.9 Å². The van der Waals surface area contributed by atoms with Gasteiger partial charge in [-0.3, -0.25) is 9.69 Å². The summed E-state index contributed by atoms with van der Waals surface area (Å²) in [5.41, 5.74) is 2.58. The third kappa shape index (κ3) is 3.29. The number of carbonyl (C=O) groups is 2. The summed E-state index contributed by atoms with van der Waals surface area (Å²) in [7, 11) is 0. The maximum atomic E-state index is 14.5. The molecule has 5 nitrogen and oxygen atoms in total. The lowest BCUT2D eigenvalue weighted by atomic mass is 9.91. The van der Waals surface area contributed by atoms with Crippen molar-refractivity contribution in [1.82, 2.24) is 9.80 Å². The molecule has 30 heavy (non-hydrogen) atoms. The lowest BCUT2D eigenvalue weighted by Crippen LogP contribution is -2.47. The molecule has 1 saturated carbocycles. The summed E-state index contributed by atoms with van der Waals surface area (Å²) in [6.07, 6.45) is 5.69. The Balaban J connectivity index is 1.35. The first-order chi connectivity index (χ1) is 14.5. The standard InChI is InChI=1S/C24H25FN2O3/c25-22-13-17(24(29)30)5-6-20(22)15-4-7-21-16(12-15)8-11-27(23(21)28)19-9-10-26(14-19)18-2-1-3-18/h4-7,12-13,18-19H,1-3,8-11,14H2,(H,29,30)/t19-/m1/s1. The number of carbonyl (C=O) groups excluding carboxylic acids is 1. The Hall–Kier alpha value is -2.73. The Morgan fingerprint density at radius 1 is 1.00 bits per heavy atom. The van der Waals surface area contributed by atoms with Gasteiger partial charge in [0.05, 0.1) is 5.56 Å². The number of fused-ring (bicyclic) bond motifs is 1. The molecular weight excluding hydrogens is 383 g/mol. The van der Waals surface area contributed by atoms with Gasteiger partial charge in [0.1, 0.15) is 5.82 Å².